The second kappa shape index (κ2) is 7.43. The zero-order valence-electron chi connectivity index (χ0n) is 16.1. The summed E-state index contributed by atoms with van der Waals surface area (Å²) in [7, 11) is 0. The number of hydrogen-bond acceptors (Lipinski definition) is 4. The molecule has 0 radical (unpaired) electrons. The van der Waals surface area contributed by atoms with E-state index in [4.69, 9.17) is 0 Å². The predicted octanol–water partition coefficient (Wildman–Crippen LogP) is 5.06. The van der Waals surface area contributed by atoms with Gasteiger partial charge in [-0.2, -0.15) is 0 Å². The van der Waals surface area contributed by atoms with Gasteiger partial charge in [0.2, 0.25) is 0 Å². The van der Waals surface area contributed by atoms with Crippen molar-refractivity contribution in [2.75, 3.05) is 6.26 Å². The summed E-state index contributed by atoms with van der Waals surface area (Å²) < 4.78 is 0. The lowest BCUT2D eigenvalue weighted by Gasteiger charge is -2.45. The summed E-state index contributed by atoms with van der Waals surface area (Å²) in [6.45, 7) is 10.4. The Morgan fingerprint density at radius 3 is 2.54 bits per heavy atom. The van der Waals surface area contributed by atoms with E-state index >= 15 is 0 Å². The molecule has 2 aliphatic rings. The number of allylic oxidation sites excluding steroid dienone is 3. The number of Topliss-reactive ketones (excluding diaryl/α,β-unsaturated/α-hetero) is 1. The molecule has 0 saturated heterocycles. The fraction of sp³-hybridized carbons (Fsp3) is 0.455. The third-order valence-corrected chi connectivity index (χ3v) is 6.85. The number of ketones is 1. The molecule has 4 heteroatoms. The summed E-state index contributed by atoms with van der Waals surface area (Å²) in [6, 6.07) is 10.4. The summed E-state index contributed by atoms with van der Waals surface area (Å²) in [5.74, 6) is 1.94. The Hall–Kier alpha value is -1.81. The molecule has 0 saturated carbocycles. The minimum absolute atomic E-state index is 0.276. The maximum Gasteiger partial charge on any atom is 0.162 e. The highest BCUT2D eigenvalue weighted by Crippen LogP contribution is 2.53. The summed E-state index contributed by atoms with van der Waals surface area (Å²) in [4.78, 5) is 18.8. The maximum atomic E-state index is 13.4. The topological polar surface area (TPSA) is 41.5 Å². The van der Waals surface area contributed by atoms with E-state index in [9.17, 15) is 4.79 Å². The third-order valence-electron chi connectivity index (χ3n) is 5.90. The van der Waals surface area contributed by atoms with Crippen LogP contribution in [-0.2, 0) is 10.2 Å². The maximum absolute atomic E-state index is 13.4. The van der Waals surface area contributed by atoms with Crippen LogP contribution in [0.4, 0.5) is 0 Å². The van der Waals surface area contributed by atoms with Crippen LogP contribution in [0.3, 0.4) is 0 Å². The lowest BCUT2D eigenvalue weighted by Crippen LogP contribution is -2.44. The largest absolute Gasteiger partial charge is 0.343 e. The molecule has 0 bridgehead atoms. The summed E-state index contributed by atoms with van der Waals surface area (Å²) in [5.41, 5.74) is 2.72. The minimum atomic E-state index is -0.434. The van der Waals surface area contributed by atoms with Crippen molar-refractivity contribution in [2.24, 2.45) is 16.8 Å². The molecular formula is C22H28N2OS. The van der Waals surface area contributed by atoms with Crippen LogP contribution in [-0.4, -0.2) is 18.8 Å². The van der Waals surface area contributed by atoms with E-state index in [0.29, 0.717) is 18.3 Å². The molecule has 1 aromatic carbocycles. The second-order valence-corrected chi connectivity index (χ2v) is 8.30. The Bertz CT molecular complexity index is 779. The van der Waals surface area contributed by atoms with Crippen molar-refractivity contribution in [3.8, 4) is 0 Å². The van der Waals surface area contributed by atoms with Crippen LogP contribution in [0, 0.1) is 11.8 Å². The number of hydrogen-bond donors (Lipinski definition) is 1. The highest BCUT2D eigenvalue weighted by atomic mass is 32.2. The first-order valence-electron chi connectivity index (χ1n) is 9.34. The molecule has 0 spiro atoms. The van der Waals surface area contributed by atoms with E-state index in [2.05, 4.69) is 68.3 Å². The number of nitrogens with one attached hydrogen (secondary N) is 1. The van der Waals surface area contributed by atoms with Gasteiger partial charge in [-0.3, -0.25) is 4.79 Å². The van der Waals surface area contributed by atoms with Gasteiger partial charge in [0.1, 0.15) is 5.82 Å². The molecule has 2 atom stereocenters. The van der Waals surface area contributed by atoms with Crippen molar-refractivity contribution in [1.29, 1.82) is 0 Å². The van der Waals surface area contributed by atoms with Crippen molar-refractivity contribution in [3.05, 3.63) is 57.9 Å². The van der Waals surface area contributed by atoms with Crippen LogP contribution in [0.1, 0.15) is 45.6 Å². The van der Waals surface area contributed by atoms with Crippen LogP contribution in [0.2, 0.25) is 0 Å². The van der Waals surface area contributed by atoms with Crippen molar-refractivity contribution in [3.63, 3.8) is 0 Å². The number of dihydropyridines is 1. The third kappa shape index (κ3) is 2.84. The zero-order chi connectivity index (χ0) is 18.9. The van der Waals surface area contributed by atoms with Crippen molar-refractivity contribution < 1.29 is 4.79 Å². The molecule has 26 heavy (non-hydrogen) atoms. The molecule has 0 unspecified atom stereocenters. The van der Waals surface area contributed by atoms with Crippen LogP contribution in [0.15, 0.2) is 57.3 Å². The number of carbonyl (C=O) groups excluding carboxylic acids is 1. The molecule has 1 heterocycles. The first-order valence-corrected chi connectivity index (χ1v) is 10.6. The van der Waals surface area contributed by atoms with E-state index in [1.165, 1.54) is 5.56 Å². The Morgan fingerprint density at radius 2 is 2.00 bits per heavy atom. The van der Waals surface area contributed by atoms with Gasteiger partial charge in [0.15, 0.2) is 5.78 Å². The summed E-state index contributed by atoms with van der Waals surface area (Å²) in [5, 5.41) is 3.47. The van der Waals surface area contributed by atoms with Gasteiger partial charge in [-0.25, -0.2) is 4.99 Å². The Kier molecular flexibility index (Phi) is 5.42. The van der Waals surface area contributed by atoms with E-state index in [0.717, 1.165) is 34.8 Å². The molecule has 3 nitrogen and oxygen atoms in total. The van der Waals surface area contributed by atoms with Crippen LogP contribution in [0.25, 0.3) is 0 Å². The van der Waals surface area contributed by atoms with E-state index in [1.54, 1.807) is 11.8 Å². The van der Waals surface area contributed by atoms with Gasteiger partial charge < -0.3 is 5.32 Å². The van der Waals surface area contributed by atoms with Gasteiger partial charge >= 0.3 is 0 Å². The number of aliphatic imine (C=N–C) groups is 1. The SMILES string of the molecule is C=NC1=C(SC)[C@](CC)(c2ccccc2)C2=C(C[C@@H](C(C)C)CC2=O)N1. The molecule has 138 valence electrons. The number of thioether (sulfide) groups is 1. The van der Waals surface area contributed by atoms with Crippen molar-refractivity contribution >= 4 is 24.3 Å². The van der Waals surface area contributed by atoms with Gasteiger partial charge in [0.05, 0.1) is 5.41 Å². The highest BCUT2D eigenvalue weighted by molar-refractivity contribution is 8.02. The van der Waals surface area contributed by atoms with E-state index in [-0.39, 0.29) is 5.78 Å². The van der Waals surface area contributed by atoms with Crippen molar-refractivity contribution in [2.45, 2.75) is 45.4 Å². The van der Waals surface area contributed by atoms with Crippen LogP contribution in [0.5, 0.6) is 0 Å². The van der Waals surface area contributed by atoms with Crippen molar-refractivity contribution in [1.82, 2.24) is 5.32 Å². The fourth-order valence-electron chi connectivity index (χ4n) is 4.46. The molecule has 0 amide bonds. The van der Waals surface area contributed by atoms with Crippen LogP contribution < -0.4 is 5.32 Å². The predicted molar refractivity (Wildman–Crippen MR) is 111 cm³/mol. The quantitative estimate of drug-likeness (QED) is 0.739. The fourth-order valence-corrected chi connectivity index (χ4v) is 5.48. The molecule has 1 aromatic rings. The average Bonchev–Trinajstić information content (AvgIpc) is 2.66. The Labute approximate surface area is 161 Å². The smallest absolute Gasteiger partial charge is 0.162 e. The second-order valence-electron chi connectivity index (χ2n) is 7.48. The molecule has 0 fully saturated rings. The minimum Gasteiger partial charge on any atom is -0.343 e. The molecular weight excluding hydrogens is 340 g/mol. The van der Waals surface area contributed by atoms with Crippen LogP contribution >= 0.6 is 11.8 Å². The Balaban J connectivity index is 2.28. The van der Waals surface area contributed by atoms with E-state index < -0.39 is 5.41 Å². The van der Waals surface area contributed by atoms with Gasteiger partial charge in [-0.1, -0.05) is 51.1 Å². The lowest BCUT2D eigenvalue weighted by atomic mass is 9.64. The van der Waals surface area contributed by atoms with Gasteiger partial charge in [0.25, 0.3) is 0 Å². The van der Waals surface area contributed by atoms with Gasteiger partial charge in [0, 0.05) is 22.6 Å². The zero-order valence-corrected chi connectivity index (χ0v) is 17.0. The molecule has 3 rings (SSSR count). The number of rotatable bonds is 5. The van der Waals surface area contributed by atoms with Gasteiger partial charge in [-0.05, 0) is 43.2 Å². The first-order chi connectivity index (χ1) is 12.5. The lowest BCUT2D eigenvalue weighted by molar-refractivity contribution is -0.118. The summed E-state index contributed by atoms with van der Waals surface area (Å²) in [6.07, 6.45) is 4.41. The molecule has 1 N–H and O–H groups in total. The number of nitrogens with zero attached hydrogens (tertiary/aromatic N) is 1. The molecule has 0 aromatic heterocycles. The molecule has 1 aliphatic heterocycles. The molecule has 1 aliphatic carbocycles. The Morgan fingerprint density at radius 1 is 1.31 bits per heavy atom. The number of carbonyl (C=O) groups is 1. The van der Waals surface area contributed by atoms with E-state index in [1.807, 2.05) is 6.07 Å². The normalized spacial score (nSPS) is 26.0. The monoisotopic (exact) mass is 368 g/mol. The first kappa shape index (κ1) is 19.0. The average molecular weight is 369 g/mol. The van der Waals surface area contributed by atoms with Gasteiger partial charge in [-0.15, -0.1) is 11.8 Å². The number of benzene rings is 1. The highest BCUT2D eigenvalue weighted by Gasteiger charge is 2.49. The summed E-state index contributed by atoms with van der Waals surface area (Å²) >= 11 is 1.67. The standard InChI is InChI=1S/C22H28N2OS/c1-6-22(16-10-8-7-9-11-16)19-17(24-21(23-4)20(22)26-5)12-15(14(2)3)13-18(19)25/h7-11,14-15,24H,4,6,12-13H2,1-3,5H3/t15-,22-/m1/s1.